The van der Waals surface area contributed by atoms with Crippen molar-refractivity contribution in [1.82, 2.24) is 9.55 Å². The number of ether oxygens (including phenoxy) is 1. The van der Waals surface area contributed by atoms with Crippen LogP contribution in [0.4, 0.5) is 10.1 Å². The van der Waals surface area contributed by atoms with E-state index in [1.54, 1.807) is 13.3 Å². The number of anilines is 1. The fraction of sp³-hybridized carbons (Fsp3) is 0.238. The quantitative estimate of drug-likeness (QED) is 0.760. The van der Waals surface area contributed by atoms with Crippen LogP contribution in [-0.2, 0) is 13.0 Å². The van der Waals surface area contributed by atoms with Gasteiger partial charge in [0.15, 0.2) is 0 Å². The molecule has 0 saturated carbocycles. The second-order valence-electron chi connectivity index (χ2n) is 6.66. The molecule has 0 radical (unpaired) electrons. The van der Waals surface area contributed by atoms with E-state index < -0.39 is 0 Å². The van der Waals surface area contributed by atoms with Crippen molar-refractivity contribution in [1.29, 1.82) is 0 Å². The minimum atomic E-state index is -0.338. The molecule has 27 heavy (non-hydrogen) atoms. The van der Waals surface area contributed by atoms with Crippen molar-refractivity contribution in [2.24, 2.45) is 0 Å². The van der Waals surface area contributed by atoms with Crippen molar-refractivity contribution >= 4 is 11.6 Å². The molecule has 2 aromatic carbocycles. The molecule has 1 amide bonds. The molecule has 1 aliphatic heterocycles. The van der Waals surface area contributed by atoms with Gasteiger partial charge in [-0.2, -0.15) is 0 Å². The predicted molar refractivity (Wildman–Crippen MR) is 101 cm³/mol. The Hall–Kier alpha value is -3.15. The molecule has 6 heteroatoms. The van der Waals surface area contributed by atoms with Gasteiger partial charge >= 0.3 is 0 Å². The van der Waals surface area contributed by atoms with E-state index in [1.165, 1.54) is 29.8 Å². The van der Waals surface area contributed by atoms with Gasteiger partial charge in [0.05, 0.1) is 7.11 Å². The third kappa shape index (κ3) is 3.69. The van der Waals surface area contributed by atoms with Gasteiger partial charge in [0.1, 0.15) is 23.1 Å². The number of fused-ring (bicyclic) bond motifs is 1. The van der Waals surface area contributed by atoms with E-state index in [9.17, 15) is 9.18 Å². The standard InChI is InChI=1S/C21H20FN3O2/c1-27-18-9-2-14(3-10-18)15-4-11-20-24-19(13-25(20)12-15)21(26)23-17-7-5-16(22)6-8-17/h2-3,5-10,13,15H,4,11-12H2,1H3,(H,23,26)/t15-/m0/s1. The van der Waals surface area contributed by atoms with Crippen molar-refractivity contribution in [3.05, 3.63) is 77.6 Å². The van der Waals surface area contributed by atoms with Gasteiger partial charge in [-0.3, -0.25) is 4.79 Å². The van der Waals surface area contributed by atoms with Crippen LogP contribution in [0.1, 0.15) is 34.2 Å². The van der Waals surface area contributed by atoms with Crippen molar-refractivity contribution in [3.63, 3.8) is 0 Å². The summed E-state index contributed by atoms with van der Waals surface area (Å²) in [6.07, 6.45) is 3.60. The average molecular weight is 365 g/mol. The summed E-state index contributed by atoms with van der Waals surface area (Å²) in [4.78, 5) is 16.9. The zero-order chi connectivity index (χ0) is 18.8. The second kappa shape index (κ2) is 7.23. The van der Waals surface area contributed by atoms with E-state index >= 15 is 0 Å². The largest absolute Gasteiger partial charge is 0.497 e. The smallest absolute Gasteiger partial charge is 0.275 e. The van der Waals surface area contributed by atoms with Gasteiger partial charge in [-0.05, 0) is 48.4 Å². The van der Waals surface area contributed by atoms with E-state index in [0.717, 1.165) is 31.0 Å². The summed E-state index contributed by atoms with van der Waals surface area (Å²) in [5, 5.41) is 2.75. The van der Waals surface area contributed by atoms with Crippen LogP contribution < -0.4 is 10.1 Å². The summed E-state index contributed by atoms with van der Waals surface area (Å²) in [7, 11) is 1.66. The van der Waals surface area contributed by atoms with Gasteiger partial charge in [-0.15, -0.1) is 0 Å². The highest BCUT2D eigenvalue weighted by molar-refractivity contribution is 6.02. The summed E-state index contributed by atoms with van der Waals surface area (Å²) in [6, 6.07) is 13.8. The number of aryl methyl sites for hydroxylation is 1. The van der Waals surface area contributed by atoms with Gasteiger partial charge in [0.2, 0.25) is 0 Å². The molecule has 138 valence electrons. The van der Waals surface area contributed by atoms with E-state index in [2.05, 4.69) is 27.0 Å². The van der Waals surface area contributed by atoms with Crippen LogP contribution in [0.15, 0.2) is 54.7 Å². The second-order valence-corrected chi connectivity index (χ2v) is 6.66. The maximum absolute atomic E-state index is 13.0. The number of aromatic nitrogens is 2. The van der Waals surface area contributed by atoms with Crippen LogP contribution in [0.5, 0.6) is 5.75 Å². The molecule has 1 aromatic heterocycles. The first-order valence-electron chi connectivity index (χ1n) is 8.89. The fourth-order valence-electron chi connectivity index (χ4n) is 3.43. The summed E-state index contributed by atoms with van der Waals surface area (Å²) < 4.78 is 20.3. The Morgan fingerprint density at radius 3 is 2.63 bits per heavy atom. The Morgan fingerprint density at radius 2 is 1.93 bits per heavy atom. The lowest BCUT2D eigenvalue weighted by Crippen LogP contribution is -2.18. The Morgan fingerprint density at radius 1 is 1.19 bits per heavy atom. The number of rotatable bonds is 4. The number of carbonyl (C=O) groups is 1. The molecule has 2 heterocycles. The Balaban J connectivity index is 1.47. The monoisotopic (exact) mass is 365 g/mol. The highest BCUT2D eigenvalue weighted by atomic mass is 19.1. The van der Waals surface area contributed by atoms with Crippen molar-refractivity contribution in [3.8, 4) is 5.75 Å². The molecule has 5 nitrogen and oxygen atoms in total. The molecule has 1 N–H and O–H groups in total. The molecule has 0 bridgehead atoms. The summed E-state index contributed by atoms with van der Waals surface area (Å²) >= 11 is 0. The normalized spacial score (nSPS) is 15.9. The maximum atomic E-state index is 13.0. The highest BCUT2D eigenvalue weighted by Gasteiger charge is 2.23. The average Bonchev–Trinajstić information content (AvgIpc) is 3.13. The lowest BCUT2D eigenvalue weighted by Gasteiger charge is -2.24. The number of methoxy groups -OCH3 is 1. The molecule has 0 saturated heterocycles. The molecule has 1 atom stereocenters. The number of carbonyl (C=O) groups excluding carboxylic acids is 1. The van der Waals surface area contributed by atoms with E-state index in [1.807, 2.05) is 12.1 Å². The number of nitrogens with one attached hydrogen (secondary N) is 1. The van der Waals surface area contributed by atoms with Gasteiger partial charge in [0.25, 0.3) is 5.91 Å². The van der Waals surface area contributed by atoms with E-state index in [4.69, 9.17) is 4.74 Å². The third-order valence-corrected chi connectivity index (χ3v) is 4.91. The first kappa shape index (κ1) is 17.3. The van der Waals surface area contributed by atoms with Gasteiger partial charge < -0.3 is 14.6 Å². The number of benzene rings is 2. The molecule has 1 aliphatic rings. The predicted octanol–water partition coefficient (Wildman–Crippen LogP) is 4.01. The van der Waals surface area contributed by atoms with Crippen molar-refractivity contribution in [2.75, 3.05) is 12.4 Å². The molecular formula is C21H20FN3O2. The lowest BCUT2D eigenvalue weighted by atomic mass is 9.91. The zero-order valence-corrected chi connectivity index (χ0v) is 15.0. The summed E-state index contributed by atoms with van der Waals surface area (Å²) in [5.74, 6) is 1.52. The Bertz CT molecular complexity index is 949. The SMILES string of the molecule is COc1ccc([C@H]2CCc3nc(C(=O)Nc4ccc(F)cc4)cn3C2)cc1. The molecule has 0 aliphatic carbocycles. The molecule has 3 aromatic rings. The first-order chi connectivity index (χ1) is 13.1. The summed E-state index contributed by atoms with van der Waals surface area (Å²) in [5.41, 5.74) is 2.18. The van der Waals surface area contributed by atoms with E-state index in [-0.39, 0.29) is 11.7 Å². The van der Waals surface area contributed by atoms with Crippen LogP contribution in [0.25, 0.3) is 0 Å². The van der Waals surface area contributed by atoms with Gasteiger partial charge in [0, 0.05) is 30.8 Å². The van der Waals surface area contributed by atoms with Crippen molar-refractivity contribution in [2.45, 2.75) is 25.3 Å². The zero-order valence-electron chi connectivity index (χ0n) is 15.0. The maximum Gasteiger partial charge on any atom is 0.275 e. The molecule has 0 fully saturated rings. The fourth-order valence-corrected chi connectivity index (χ4v) is 3.43. The van der Waals surface area contributed by atoms with Crippen molar-refractivity contribution < 1.29 is 13.9 Å². The minimum Gasteiger partial charge on any atom is -0.497 e. The Labute approximate surface area is 156 Å². The van der Waals surface area contributed by atoms with Crippen LogP contribution in [0.3, 0.4) is 0 Å². The molecule has 4 rings (SSSR count). The number of amides is 1. The lowest BCUT2D eigenvalue weighted by molar-refractivity contribution is 0.102. The number of nitrogens with zero attached hydrogens (tertiary/aromatic N) is 2. The highest BCUT2D eigenvalue weighted by Crippen LogP contribution is 2.30. The first-order valence-corrected chi connectivity index (χ1v) is 8.89. The molecule has 0 unspecified atom stereocenters. The van der Waals surface area contributed by atoms with Gasteiger partial charge in [-0.25, -0.2) is 9.37 Å². The van der Waals surface area contributed by atoms with Crippen LogP contribution >= 0.6 is 0 Å². The van der Waals surface area contributed by atoms with Crippen LogP contribution in [0, 0.1) is 5.82 Å². The molecule has 0 spiro atoms. The van der Waals surface area contributed by atoms with Crippen LogP contribution in [-0.4, -0.2) is 22.6 Å². The van der Waals surface area contributed by atoms with Crippen LogP contribution in [0.2, 0.25) is 0 Å². The number of halogens is 1. The molecular weight excluding hydrogens is 345 g/mol. The summed E-state index contributed by atoms with van der Waals surface area (Å²) in [6.45, 7) is 0.790. The van der Waals surface area contributed by atoms with E-state index in [0.29, 0.717) is 17.3 Å². The number of hydrogen-bond donors (Lipinski definition) is 1. The topological polar surface area (TPSA) is 56.1 Å². The van der Waals surface area contributed by atoms with Gasteiger partial charge in [-0.1, -0.05) is 12.1 Å². The number of imidazole rings is 1. The minimum absolute atomic E-state index is 0.287. The number of hydrogen-bond acceptors (Lipinski definition) is 3. The Kier molecular flexibility index (Phi) is 4.62. The third-order valence-electron chi connectivity index (χ3n) is 4.91.